The molecular weight excluding hydrogens is 344 g/mol. The topological polar surface area (TPSA) is 87.6 Å². The van der Waals surface area contributed by atoms with Crippen molar-refractivity contribution in [1.82, 2.24) is 9.97 Å². The maximum Gasteiger partial charge on any atom is 0.341 e. The van der Waals surface area contributed by atoms with Crippen LogP contribution in [0.3, 0.4) is 0 Å². The van der Waals surface area contributed by atoms with E-state index in [1.807, 2.05) is 32.0 Å². The molecule has 2 fully saturated rings. The number of benzene rings is 1. The van der Waals surface area contributed by atoms with Crippen molar-refractivity contribution in [2.24, 2.45) is 11.8 Å². The van der Waals surface area contributed by atoms with Gasteiger partial charge in [0.15, 0.2) is 0 Å². The molecule has 1 aromatic carbocycles. The minimum atomic E-state index is -1.03. The first-order valence-corrected chi connectivity index (χ1v) is 9.36. The maximum absolute atomic E-state index is 11.5. The van der Waals surface area contributed by atoms with E-state index in [9.17, 15) is 9.90 Å². The van der Waals surface area contributed by atoms with Gasteiger partial charge in [0.1, 0.15) is 17.1 Å². The van der Waals surface area contributed by atoms with Crippen molar-refractivity contribution in [2.45, 2.75) is 26.8 Å². The van der Waals surface area contributed by atoms with E-state index in [0.29, 0.717) is 24.9 Å². The van der Waals surface area contributed by atoms with Crippen LogP contribution in [0.4, 0.5) is 11.8 Å². The zero-order chi connectivity index (χ0) is 19.0. The summed E-state index contributed by atoms with van der Waals surface area (Å²) in [5.41, 5.74) is 2.18. The zero-order valence-corrected chi connectivity index (χ0v) is 15.6. The lowest BCUT2D eigenvalue weighted by molar-refractivity contribution is 0.0697. The molecule has 0 amide bonds. The molecule has 2 heterocycles. The first-order valence-electron chi connectivity index (χ1n) is 9.36. The molecule has 4 rings (SSSR count). The van der Waals surface area contributed by atoms with Crippen LogP contribution in [-0.2, 0) is 6.54 Å². The van der Waals surface area contributed by atoms with Crippen LogP contribution >= 0.6 is 0 Å². The van der Waals surface area contributed by atoms with E-state index in [1.54, 1.807) is 0 Å². The van der Waals surface area contributed by atoms with Crippen molar-refractivity contribution < 1.29 is 14.6 Å². The van der Waals surface area contributed by atoms with Gasteiger partial charge in [0.05, 0.1) is 6.61 Å². The molecule has 2 aliphatic rings. The number of piperidine rings is 1. The highest BCUT2D eigenvalue weighted by Gasteiger charge is 2.45. The van der Waals surface area contributed by atoms with E-state index < -0.39 is 5.97 Å². The summed E-state index contributed by atoms with van der Waals surface area (Å²) in [4.78, 5) is 22.5. The van der Waals surface area contributed by atoms with Crippen LogP contribution in [0.5, 0.6) is 5.75 Å². The lowest BCUT2D eigenvalue weighted by atomic mass is 10.1. The summed E-state index contributed by atoms with van der Waals surface area (Å²) in [6, 6.07) is 5.95. The van der Waals surface area contributed by atoms with Crippen molar-refractivity contribution in [3.63, 3.8) is 0 Å². The number of aryl methyl sites for hydroxylation is 1. The summed E-state index contributed by atoms with van der Waals surface area (Å²) in [6.07, 6.45) is 2.70. The van der Waals surface area contributed by atoms with Gasteiger partial charge >= 0.3 is 5.97 Å². The Morgan fingerprint density at radius 3 is 2.81 bits per heavy atom. The summed E-state index contributed by atoms with van der Waals surface area (Å²) < 4.78 is 5.57. The van der Waals surface area contributed by atoms with Gasteiger partial charge in [-0.2, -0.15) is 4.98 Å². The highest BCUT2D eigenvalue weighted by Crippen LogP contribution is 2.45. The normalized spacial score (nSPS) is 20.3. The number of rotatable bonds is 7. The van der Waals surface area contributed by atoms with E-state index in [-0.39, 0.29) is 5.56 Å². The van der Waals surface area contributed by atoms with Crippen LogP contribution in [0.2, 0.25) is 0 Å². The predicted octanol–water partition coefficient (Wildman–Crippen LogP) is 2.95. The average molecular weight is 368 g/mol. The standard InChI is InChI=1S/C20H24N4O3/c1-3-27-17-5-4-13(6-12(17)2)8-21-18-16(19(25)26)9-22-20(23-18)24-10-14-7-15(14)11-24/h4-6,9,14-15H,3,7-8,10-11H2,1-2H3,(H,25,26)(H,21,22,23). The zero-order valence-electron chi connectivity index (χ0n) is 15.6. The van der Waals surface area contributed by atoms with Gasteiger partial charge in [0.2, 0.25) is 5.95 Å². The number of carboxylic acids is 1. The van der Waals surface area contributed by atoms with Gasteiger partial charge in [0, 0.05) is 25.8 Å². The van der Waals surface area contributed by atoms with Gasteiger partial charge in [-0.15, -0.1) is 0 Å². The molecule has 1 aromatic heterocycles. The smallest absolute Gasteiger partial charge is 0.341 e. The molecule has 1 saturated carbocycles. The molecule has 1 aliphatic carbocycles. The summed E-state index contributed by atoms with van der Waals surface area (Å²) in [6.45, 7) is 7.00. The number of aromatic carboxylic acids is 1. The Morgan fingerprint density at radius 2 is 2.15 bits per heavy atom. The number of carbonyl (C=O) groups is 1. The van der Waals surface area contributed by atoms with Crippen LogP contribution < -0.4 is 15.0 Å². The molecule has 2 N–H and O–H groups in total. The van der Waals surface area contributed by atoms with E-state index in [4.69, 9.17) is 4.74 Å². The number of nitrogens with one attached hydrogen (secondary N) is 1. The molecule has 142 valence electrons. The Hall–Kier alpha value is -2.83. The van der Waals surface area contributed by atoms with E-state index >= 15 is 0 Å². The lowest BCUT2D eigenvalue weighted by Gasteiger charge is -2.19. The SMILES string of the molecule is CCOc1ccc(CNc2nc(N3CC4CC4C3)ncc2C(=O)O)cc1C. The van der Waals surface area contributed by atoms with E-state index in [2.05, 4.69) is 20.2 Å². The fraction of sp³-hybridized carbons (Fsp3) is 0.450. The minimum absolute atomic E-state index is 0.0887. The molecule has 27 heavy (non-hydrogen) atoms. The third-order valence-electron chi connectivity index (χ3n) is 5.27. The Morgan fingerprint density at radius 1 is 1.37 bits per heavy atom. The Kier molecular flexibility index (Phi) is 4.59. The second kappa shape index (κ2) is 7.06. The second-order valence-corrected chi connectivity index (χ2v) is 7.28. The van der Waals surface area contributed by atoms with Gasteiger partial charge in [-0.05, 0) is 49.3 Å². The average Bonchev–Trinajstić information content (AvgIpc) is 3.27. The summed E-state index contributed by atoms with van der Waals surface area (Å²) in [5.74, 6) is 2.32. The summed E-state index contributed by atoms with van der Waals surface area (Å²) in [5, 5.41) is 12.6. The Bertz CT molecular complexity index is 860. The van der Waals surface area contributed by atoms with Gasteiger partial charge in [-0.1, -0.05) is 12.1 Å². The molecular formula is C20H24N4O3. The highest BCUT2D eigenvalue weighted by molar-refractivity contribution is 5.93. The molecule has 2 atom stereocenters. The number of anilines is 2. The largest absolute Gasteiger partial charge is 0.494 e. The lowest BCUT2D eigenvalue weighted by Crippen LogP contribution is -2.25. The molecule has 2 unspecified atom stereocenters. The second-order valence-electron chi connectivity index (χ2n) is 7.28. The number of hydrogen-bond acceptors (Lipinski definition) is 6. The number of ether oxygens (including phenoxy) is 1. The third-order valence-corrected chi connectivity index (χ3v) is 5.27. The number of aromatic nitrogens is 2. The van der Waals surface area contributed by atoms with Crippen molar-refractivity contribution >= 4 is 17.7 Å². The number of nitrogens with zero attached hydrogens (tertiary/aromatic N) is 3. The Labute approximate surface area is 158 Å². The number of fused-ring (bicyclic) bond motifs is 1. The van der Waals surface area contributed by atoms with E-state index in [1.165, 1.54) is 12.6 Å². The summed E-state index contributed by atoms with van der Waals surface area (Å²) >= 11 is 0. The monoisotopic (exact) mass is 368 g/mol. The van der Waals surface area contributed by atoms with Crippen LogP contribution in [0.25, 0.3) is 0 Å². The van der Waals surface area contributed by atoms with Crippen molar-refractivity contribution in [3.8, 4) is 5.75 Å². The number of carboxylic acid groups (broad SMARTS) is 1. The van der Waals surface area contributed by atoms with Crippen molar-refractivity contribution in [3.05, 3.63) is 41.1 Å². The van der Waals surface area contributed by atoms with Gasteiger partial charge < -0.3 is 20.1 Å². The molecule has 0 bridgehead atoms. The van der Waals surface area contributed by atoms with Crippen molar-refractivity contribution in [2.75, 3.05) is 29.9 Å². The van der Waals surface area contributed by atoms with E-state index in [0.717, 1.165) is 41.8 Å². The molecule has 1 saturated heterocycles. The highest BCUT2D eigenvalue weighted by atomic mass is 16.5. The minimum Gasteiger partial charge on any atom is -0.494 e. The maximum atomic E-state index is 11.5. The molecule has 2 aromatic rings. The van der Waals surface area contributed by atoms with Crippen molar-refractivity contribution in [1.29, 1.82) is 0 Å². The van der Waals surface area contributed by atoms with Gasteiger partial charge in [-0.25, -0.2) is 9.78 Å². The van der Waals surface area contributed by atoms with Crippen LogP contribution in [0, 0.1) is 18.8 Å². The van der Waals surface area contributed by atoms with Crippen LogP contribution in [0.1, 0.15) is 34.8 Å². The quantitative estimate of drug-likeness (QED) is 0.777. The van der Waals surface area contributed by atoms with Crippen LogP contribution in [0.15, 0.2) is 24.4 Å². The van der Waals surface area contributed by atoms with Gasteiger partial charge in [-0.3, -0.25) is 0 Å². The molecule has 0 spiro atoms. The fourth-order valence-corrected chi connectivity index (χ4v) is 3.70. The number of hydrogen-bond donors (Lipinski definition) is 2. The van der Waals surface area contributed by atoms with Crippen LogP contribution in [-0.4, -0.2) is 40.7 Å². The Balaban J connectivity index is 1.51. The molecule has 7 nitrogen and oxygen atoms in total. The molecule has 7 heteroatoms. The summed E-state index contributed by atoms with van der Waals surface area (Å²) in [7, 11) is 0. The molecule has 0 radical (unpaired) electrons. The van der Waals surface area contributed by atoms with Gasteiger partial charge in [0.25, 0.3) is 0 Å². The fourth-order valence-electron chi connectivity index (χ4n) is 3.70. The first kappa shape index (κ1) is 17.6. The molecule has 1 aliphatic heterocycles. The predicted molar refractivity (Wildman–Crippen MR) is 102 cm³/mol. The third kappa shape index (κ3) is 3.67. The first-order chi connectivity index (χ1) is 13.0.